The summed E-state index contributed by atoms with van der Waals surface area (Å²) in [6, 6.07) is 1.71. The number of hydrogen-bond acceptors (Lipinski definition) is 3. The van der Waals surface area contributed by atoms with E-state index in [-0.39, 0.29) is 11.8 Å². The number of rotatable bonds is 3. The van der Waals surface area contributed by atoms with Gasteiger partial charge in [0.1, 0.15) is 5.82 Å². The number of anilines is 2. The second kappa shape index (κ2) is 5.11. The Balaban J connectivity index is 2.77. The maximum atomic E-state index is 11.6. The first-order valence-corrected chi connectivity index (χ1v) is 5.55. The van der Waals surface area contributed by atoms with Crippen LogP contribution in [-0.4, -0.2) is 10.9 Å². The molecule has 1 amide bonds. The Morgan fingerprint density at radius 1 is 1.73 bits per heavy atom. The molecule has 0 aromatic carbocycles. The highest BCUT2D eigenvalue weighted by molar-refractivity contribution is 9.10. The van der Waals surface area contributed by atoms with Crippen molar-refractivity contribution in [2.75, 3.05) is 11.1 Å². The van der Waals surface area contributed by atoms with Gasteiger partial charge in [-0.2, -0.15) is 0 Å². The molecule has 1 unspecified atom stereocenters. The van der Waals surface area contributed by atoms with Gasteiger partial charge in [-0.25, -0.2) is 4.98 Å². The van der Waals surface area contributed by atoms with Gasteiger partial charge in [-0.3, -0.25) is 4.79 Å². The molecule has 0 saturated carbocycles. The molecule has 0 aliphatic rings. The van der Waals surface area contributed by atoms with Gasteiger partial charge in [0.25, 0.3) is 0 Å². The van der Waals surface area contributed by atoms with Crippen LogP contribution in [0.3, 0.4) is 0 Å². The molecule has 0 radical (unpaired) electrons. The van der Waals surface area contributed by atoms with E-state index in [1.807, 2.05) is 13.8 Å². The van der Waals surface area contributed by atoms with E-state index in [1.54, 1.807) is 6.07 Å². The second-order valence-electron chi connectivity index (χ2n) is 3.40. The third-order valence-electron chi connectivity index (χ3n) is 2.16. The molecule has 0 aliphatic carbocycles. The van der Waals surface area contributed by atoms with E-state index in [1.165, 1.54) is 6.20 Å². The summed E-state index contributed by atoms with van der Waals surface area (Å²) in [6.07, 6.45) is 2.31. The SMILES string of the molecule is CCC(C)C(=O)Nc1ncc(N)cc1Br. The molecule has 0 spiro atoms. The molecule has 1 aromatic rings. The van der Waals surface area contributed by atoms with Crippen LogP contribution >= 0.6 is 15.9 Å². The van der Waals surface area contributed by atoms with E-state index >= 15 is 0 Å². The van der Waals surface area contributed by atoms with Crippen molar-refractivity contribution >= 4 is 33.3 Å². The van der Waals surface area contributed by atoms with E-state index in [0.29, 0.717) is 16.0 Å². The number of aromatic nitrogens is 1. The van der Waals surface area contributed by atoms with Crippen LogP contribution in [0.4, 0.5) is 11.5 Å². The monoisotopic (exact) mass is 271 g/mol. The average molecular weight is 272 g/mol. The number of hydrogen-bond donors (Lipinski definition) is 2. The number of carbonyl (C=O) groups is 1. The van der Waals surface area contributed by atoms with Crippen LogP contribution < -0.4 is 11.1 Å². The van der Waals surface area contributed by atoms with E-state index < -0.39 is 0 Å². The van der Waals surface area contributed by atoms with Crippen molar-refractivity contribution in [2.24, 2.45) is 5.92 Å². The lowest BCUT2D eigenvalue weighted by Gasteiger charge is -2.10. The summed E-state index contributed by atoms with van der Waals surface area (Å²) in [5, 5.41) is 2.74. The van der Waals surface area contributed by atoms with E-state index in [2.05, 4.69) is 26.2 Å². The third-order valence-corrected chi connectivity index (χ3v) is 2.77. The molecule has 5 heteroatoms. The Labute approximate surface area is 97.4 Å². The van der Waals surface area contributed by atoms with Crippen molar-refractivity contribution in [1.29, 1.82) is 0 Å². The van der Waals surface area contributed by atoms with Crippen LogP contribution in [0.1, 0.15) is 20.3 Å². The van der Waals surface area contributed by atoms with Gasteiger partial charge in [0.2, 0.25) is 5.91 Å². The largest absolute Gasteiger partial charge is 0.397 e. The Bertz CT molecular complexity index is 368. The number of halogens is 1. The molecule has 1 heterocycles. The Hall–Kier alpha value is -1.10. The molecule has 0 saturated heterocycles. The second-order valence-corrected chi connectivity index (χ2v) is 4.25. The van der Waals surface area contributed by atoms with Gasteiger partial charge in [0.15, 0.2) is 0 Å². The van der Waals surface area contributed by atoms with Crippen molar-refractivity contribution < 1.29 is 4.79 Å². The topological polar surface area (TPSA) is 68.0 Å². The molecule has 82 valence electrons. The zero-order valence-electron chi connectivity index (χ0n) is 8.75. The molecular formula is C10H14BrN3O. The number of nitrogen functional groups attached to an aromatic ring is 1. The molecule has 15 heavy (non-hydrogen) atoms. The molecule has 0 aliphatic heterocycles. The summed E-state index contributed by atoms with van der Waals surface area (Å²) in [7, 11) is 0. The summed E-state index contributed by atoms with van der Waals surface area (Å²) in [5.41, 5.74) is 6.10. The van der Waals surface area contributed by atoms with Crippen molar-refractivity contribution in [3.8, 4) is 0 Å². The van der Waals surface area contributed by atoms with Crippen molar-refractivity contribution in [2.45, 2.75) is 20.3 Å². The highest BCUT2D eigenvalue weighted by atomic mass is 79.9. The van der Waals surface area contributed by atoms with Gasteiger partial charge in [-0.1, -0.05) is 13.8 Å². The minimum atomic E-state index is -0.0320. The van der Waals surface area contributed by atoms with Crippen LogP contribution in [-0.2, 0) is 4.79 Å². The number of amides is 1. The first-order valence-electron chi connectivity index (χ1n) is 4.76. The normalized spacial score (nSPS) is 12.2. The molecule has 4 nitrogen and oxygen atoms in total. The number of carbonyl (C=O) groups excluding carboxylic acids is 1. The third kappa shape index (κ3) is 3.20. The van der Waals surface area contributed by atoms with Gasteiger partial charge in [-0.05, 0) is 28.4 Å². The predicted molar refractivity (Wildman–Crippen MR) is 64.4 cm³/mol. The van der Waals surface area contributed by atoms with Crippen LogP contribution in [0.25, 0.3) is 0 Å². The first-order chi connectivity index (χ1) is 7.04. The van der Waals surface area contributed by atoms with Gasteiger partial charge < -0.3 is 11.1 Å². The van der Waals surface area contributed by atoms with Crippen LogP contribution in [0.15, 0.2) is 16.7 Å². The summed E-state index contributed by atoms with van der Waals surface area (Å²) in [5.74, 6) is 0.459. The van der Waals surface area contributed by atoms with Gasteiger partial charge >= 0.3 is 0 Å². The highest BCUT2D eigenvalue weighted by Gasteiger charge is 2.12. The summed E-state index contributed by atoms with van der Waals surface area (Å²) in [6.45, 7) is 3.84. The van der Waals surface area contributed by atoms with E-state index in [0.717, 1.165) is 6.42 Å². The molecule has 0 bridgehead atoms. The summed E-state index contributed by atoms with van der Waals surface area (Å²) >= 11 is 3.29. The quantitative estimate of drug-likeness (QED) is 0.887. The van der Waals surface area contributed by atoms with Crippen LogP contribution in [0, 0.1) is 5.92 Å². The lowest BCUT2D eigenvalue weighted by atomic mass is 10.1. The van der Waals surface area contributed by atoms with Crippen LogP contribution in [0.5, 0.6) is 0 Å². The molecule has 3 N–H and O–H groups in total. The predicted octanol–water partition coefficient (Wildman–Crippen LogP) is 2.41. The fourth-order valence-electron chi connectivity index (χ4n) is 0.970. The molecule has 1 aromatic heterocycles. The Morgan fingerprint density at radius 2 is 2.40 bits per heavy atom. The molecule has 1 atom stereocenters. The van der Waals surface area contributed by atoms with E-state index in [4.69, 9.17) is 5.73 Å². The fourth-order valence-corrected chi connectivity index (χ4v) is 1.44. The Morgan fingerprint density at radius 3 is 2.93 bits per heavy atom. The van der Waals surface area contributed by atoms with Crippen molar-refractivity contribution in [3.63, 3.8) is 0 Å². The lowest BCUT2D eigenvalue weighted by molar-refractivity contribution is -0.119. The first kappa shape index (κ1) is 12.0. The minimum absolute atomic E-state index is 0.0174. The highest BCUT2D eigenvalue weighted by Crippen LogP contribution is 2.22. The molecule has 0 fully saturated rings. The number of nitrogens with two attached hydrogens (primary N) is 1. The van der Waals surface area contributed by atoms with Crippen molar-refractivity contribution in [3.05, 3.63) is 16.7 Å². The maximum Gasteiger partial charge on any atom is 0.228 e. The number of pyridine rings is 1. The van der Waals surface area contributed by atoms with Gasteiger partial charge in [0, 0.05) is 5.92 Å². The standard InChI is InChI=1S/C10H14BrN3O/c1-3-6(2)10(15)14-9-8(11)4-7(12)5-13-9/h4-6H,3,12H2,1-2H3,(H,13,14,15). The Kier molecular flexibility index (Phi) is 4.08. The summed E-state index contributed by atoms with van der Waals surface area (Å²) < 4.78 is 0.694. The van der Waals surface area contributed by atoms with Crippen molar-refractivity contribution in [1.82, 2.24) is 4.98 Å². The molecule has 1 rings (SSSR count). The zero-order chi connectivity index (χ0) is 11.4. The summed E-state index contributed by atoms with van der Waals surface area (Å²) in [4.78, 5) is 15.6. The molecular weight excluding hydrogens is 258 g/mol. The maximum absolute atomic E-state index is 11.6. The smallest absolute Gasteiger partial charge is 0.228 e. The van der Waals surface area contributed by atoms with Gasteiger partial charge in [-0.15, -0.1) is 0 Å². The minimum Gasteiger partial charge on any atom is -0.397 e. The lowest BCUT2D eigenvalue weighted by Crippen LogP contribution is -2.20. The number of nitrogens with zero attached hydrogens (tertiary/aromatic N) is 1. The van der Waals surface area contributed by atoms with Crippen LogP contribution in [0.2, 0.25) is 0 Å². The van der Waals surface area contributed by atoms with Gasteiger partial charge in [0.05, 0.1) is 16.4 Å². The number of nitrogens with one attached hydrogen (secondary N) is 1. The average Bonchev–Trinajstić information content (AvgIpc) is 2.20. The zero-order valence-corrected chi connectivity index (χ0v) is 10.3. The fraction of sp³-hybridized carbons (Fsp3) is 0.400. The van der Waals surface area contributed by atoms with E-state index in [9.17, 15) is 4.79 Å².